The third-order valence-corrected chi connectivity index (χ3v) is 4.26. The summed E-state index contributed by atoms with van der Waals surface area (Å²) in [5.41, 5.74) is 3.44. The van der Waals surface area contributed by atoms with E-state index in [1.54, 1.807) is 12.1 Å². The van der Waals surface area contributed by atoms with Crippen LogP contribution in [-0.2, 0) is 10.8 Å². The first kappa shape index (κ1) is 13.0. The Morgan fingerprint density at radius 3 is 2.83 bits per heavy atom. The third-order valence-electron chi connectivity index (χ3n) is 2.88. The summed E-state index contributed by atoms with van der Waals surface area (Å²) in [5, 5.41) is 2.90. The zero-order valence-corrected chi connectivity index (χ0v) is 10.7. The van der Waals surface area contributed by atoms with Crippen LogP contribution in [0.4, 0.5) is 5.69 Å². The second-order valence-corrected chi connectivity index (χ2v) is 5.87. The molecule has 0 unspecified atom stereocenters. The molecule has 4 N–H and O–H groups in total. The Kier molecular flexibility index (Phi) is 4.27. The Labute approximate surface area is 108 Å². The number of hydrogen-bond donors (Lipinski definition) is 3. The zero-order valence-electron chi connectivity index (χ0n) is 9.89. The monoisotopic (exact) mass is 268 g/mol. The lowest BCUT2D eigenvalue weighted by atomic mass is 10.1. The van der Waals surface area contributed by atoms with Crippen LogP contribution < -0.4 is 16.6 Å². The van der Waals surface area contributed by atoms with Gasteiger partial charge in [-0.25, -0.2) is 0 Å². The van der Waals surface area contributed by atoms with Gasteiger partial charge in [0.25, 0.3) is 5.91 Å². The molecule has 6 nitrogen and oxygen atoms in total. The predicted molar refractivity (Wildman–Crippen MR) is 70.4 cm³/mol. The molecule has 2 rings (SSSR count). The second-order valence-electron chi connectivity index (χ2n) is 4.17. The van der Waals surface area contributed by atoms with E-state index in [1.807, 2.05) is 0 Å². The van der Waals surface area contributed by atoms with Crippen LogP contribution in [0.15, 0.2) is 18.3 Å². The van der Waals surface area contributed by atoms with Crippen molar-refractivity contribution in [2.75, 3.05) is 16.9 Å². The van der Waals surface area contributed by atoms with Gasteiger partial charge in [0, 0.05) is 34.5 Å². The number of nitrogens with one attached hydrogen (secondary N) is 2. The van der Waals surface area contributed by atoms with Crippen molar-refractivity contribution in [1.29, 1.82) is 0 Å². The van der Waals surface area contributed by atoms with Gasteiger partial charge in [0.2, 0.25) is 0 Å². The number of hydrogen-bond acceptors (Lipinski definition) is 5. The molecule has 1 saturated heterocycles. The fraction of sp³-hybridized carbons (Fsp3) is 0.455. The van der Waals surface area contributed by atoms with Crippen molar-refractivity contribution in [3.8, 4) is 0 Å². The van der Waals surface area contributed by atoms with Crippen molar-refractivity contribution >= 4 is 22.4 Å². The fourth-order valence-electron chi connectivity index (χ4n) is 1.84. The molecule has 1 amide bonds. The minimum absolute atomic E-state index is 0.0893. The Morgan fingerprint density at radius 1 is 1.44 bits per heavy atom. The van der Waals surface area contributed by atoms with E-state index in [9.17, 15) is 9.00 Å². The molecule has 0 atom stereocenters. The summed E-state index contributed by atoms with van der Waals surface area (Å²) in [4.78, 5) is 15.9. The van der Waals surface area contributed by atoms with Crippen LogP contribution in [-0.4, -0.2) is 32.6 Å². The van der Waals surface area contributed by atoms with Crippen LogP contribution in [0.3, 0.4) is 0 Å². The lowest BCUT2D eigenvalue weighted by Crippen LogP contribution is -2.39. The highest BCUT2D eigenvalue weighted by Crippen LogP contribution is 2.11. The van der Waals surface area contributed by atoms with Gasteiger partial charge in [0.15, 0.2) is 0 Å². The van der Waals surface area contributed by atoms with Gasteiger partial charge in [-0.2, -0.15) is 0 Å². The van der Waals surface area contributed by atoms with Gasteiger partial charge in [-0.05, 0) is 25.0 Å². The molecule has 1 aromatic heterocycles. The molecule has 2 heterocycles. The highest BCUT2D eigenvalue weighted by molar-refractivity contribution is 7.85. The van der Waals surface area contributed by atoms with Crippen LogP contribution in [0.5, 0.6) is 0 Å². The summed E-state index contributed by atoms with van der Waals surface area (Å²) in [7, 11) is -0.719. The number of carbonyl (C=O) groups is 1. The maximum absolute atomic E-state index is 11.9. The lowest BCUT2D eigenvalue weighted by Gasteiger charge is -2.22. The molecule has 1 aliphatic rings. The van der Waals surface area contributed by atoms with Gasteiger partial charge < -0.3 is 10.7 Å². The average Bonchev–Trinajstić information content (AvgIpc) is 2.41. The topological polar surface area (TPSA) is 97.1 Å². The van der Waals surface area contributed by atoms with Gasteiger partial charge >= 0.3 is 0 Å². The SMILES string of the molecule is NNc1ccnc(C(=O)NC2CCS(=O)CC2)c1. The van der Waals surface area contributed by atoms with Gasteiger partial charge in [-0.1, -0.05) is 0 Å². The molecular formula is C11H16N4O2S. The fourth-order valence-corrected chi connectivity index (χ4v) is 3.14. The van der Waals surface area contributed by atoms with Crippen LogP contribution in [0.25, 0.3) is 0 Å². The number of hydrazine groups is 1. The minimum atomic E-state index is -0.719. The third kappa shape index (κ3) is 3.27. The summed E-state index contributed by atoms with van der Waals surface area (Å²) in [6.07, 6.45) is 3.04. The molecule has 1 aromatic rings. The summed E-state index contributed by atoms with van der Waals surface area (Å²) in [6, 6.07) is 3.36. The number of rotatable bonds is 3. The molecular weight excluding hydrogens is 252 g/mol. The largest absolute Gasteiger partial charge is 0.348 e. The Bertz CT molecular complexity index is 456. The van der Waals surface area contributed by atoms with E-state index in [2.05, 4.69) is 15.7 Å². The summed E-state index contributed by atoms with van der Waals surface area (Å²) in [5.74, 6) is 6.37. The summed E-state index contributed by atoms with van der Waals surface area (Å²) < 4.78 is 11.2. The minimum Gasteiger partial charge on any atom is -0.348 e. The number of aromatic nitrogens is 1. The van der Waals surface area contributed by atoms with E-state index in [0.717, 1.165) is 12.8 Å². The zero-order chi connectivity index (χ0) is 13.0. The standard InChI is InChI=1S/C11H16N4O2S/c12-15-9-1-4-13-10(7-9)11(16)14-8-2-5-18(17)6-3-8/h1,4,7-8H,2-3,5-6,12H2,(H,13,15)(H,14,16). The molecule has 0 aromatic carbocycles. The first-order valence-corrected chi connectivity index (χ1v) is 7.26. The Hall–Kier alpha value is -1.47. The van der Waals surface area contributed by atoms with Crippen molar-refractivity contribution < 1.29 is 9.00 Å². The number of amides is 1. The maximum Gasteiger partial charge on any atom is 0.270 e. The van der Waals surface area contributed by atoms with Gasteiger partial charge in [-0.15, -0.1) is 0 Å². The van der Waals surface area contributed by atoms with E-state index in [4.69, 9.17) is 5.84 Å². The molecule has 0 bridgehead atoms. The highest BCUT2D eigenvalue weighted by Gasteiger charge is 2.20. The van der Waals surface area contributed by atoms with Crippen molar-refractivity contribution in [3.05, 3.63) is 24.0 Å². The van der Waals surface area contributed by atoms with Crippen molar-refractivity contribution in [2.24, 2.45) is 5.84 Å². The molecule has 7 heteroatoms. The summed E-state index contributed by atoms with van der Waals surface area (Å²) in [6.45, 7) is 0. The lowest BCUT2D eigenvalue weighted by molar-refractivity contribution is 0.0929. The number of pyridine rings is 1. The maximum atomic E-state index is 11.9. The molecule has 1 fully saturated rings. The van der Waals surface area contributed by atoms with Gasteiger partial charge in [-0.3, -0.25) is 19.8 Å². The molecule has 98 valence electrons. The van der Waals surface area contributed by atoms with Crippen LogP contribution in [0.2, 0.25) is 0 Å². The van der Waals surface area contributed by atoms with E-state index >= 15 is 0 Å². The Morgan fingerprint density at radius 2 is 2.17 bits per heavy atom. The first-order chi connectivity index (χ1) is 8.69. The molecule has 0 saturated carbocycles. The van der Waals surface area contributed by atoms with E-state index < -0.39 is 10.8 Å². The van der Waals surface area contributed by atoms with E-state index in [1.165, 1.54) is 6.20 Å². The van der Waals surface area contributed by atoms with E-state index in [-0.39, 0.29) is 11.9 Å². The number of nitrogens with two attached hydrogens (primary N) is 1. The highest BCUT2D eigenvalue weighted by atomic mass is 32.2. The van der Waals surface area contributed by atoms with Gasteiger partial charge in [0.05, 0.1) is 5.69 Å². The number of carbonyl (C=O) groups excluding carboxylic acids is 1. The second kappa shape index (κ2) is 5.92. The van der Waals surface area contributed by atoms with Crippen LogP contribution in [0, 0.1) is 0 Å². The number of anilines is 1. The van der Waals surface area contributed by atoms with Gasteiger partial charge in [0.1, 0.15) is 5.69 Å². The smallest absolute Gasteiger partial charge is 0.270 e. The number of nitrogen functional groups attached to an aromatic ring is 1. The number of nitrogens with zero attached hydrogens (tertiary/aromatic N) is 1. The molecule has 1 aliphatic heterocycles. The average molecular weight is 268 g/mol. The summed E-state index contributed by atoms with van der Waals surface area (Å²) >= 11 is 0. The predicted octanol–water partition coefficient (Wildman–Crippen LogP) is 0.00810. The van der Waals surface area contributed by atoms with Crippen molar-refractivity contribution in [3.63, 3.8) is 0 Å². The van der Waals surface area contributed by atoms with Crippen molar-refractivity contribution in [2.45, 2.75) is 18.9 Å². The normalized spacial score (nSPS) is 23.4. The molecule has 0 spiro atoms. The van der Waals surface area contributed by atoms with Crippen molar-refractivity contribution in [1.82, 2.24) is 10.3 Å². The van der Waals surface area contributed by atoms with Crippen LogP contribution >= 0.6 is 0 Å². The van der Waals surface area contributed by atoms with Crippen LogP contribution in [0.1, 0.15) is 23.3 Å². The first-order valence-electron chi connectivity index (χ1n) is 5.77. The Balaban J connectivity index is 1.96. The quantitative estimate of drug-likeness (QED) is 0.530. The van der Waals surface area contributed by atoms with E-state index in [0.29, 0.717) is 22.9 Å². The molecule has 18 heavy (non-hydrogen) atoms. The molecule has 0 radical (unpaired) electrons. The molecule has 0 aliphatic carbocycles.